The van der Waals surface area contributed by atoms with Crippen LogP contribution in [-0.4, -0.2) is 4.21 Å². The van der Waals surface area contributed by atoms with Gasteiger partial charge >= 0.3 is 28.4 Å². The first-order valence-corrected chi connectivity index (χ1v) is 18.9. The molecule has 1 saturated carbocycles. The molecule has 2 aromatic rings. The minimum atomic E-state index is 0. The van der Waals surface area contributed by atoms with E-state index in [1.54, 1.807) is 28.2 Å². The summed E-state index contributed by atoms with van der Waals surface area (Å²) in [6.07, 6.45) is 18.5. The summed E-state index contributed by atoms with van der Waals surface area (Å²) in [6.45, 7) is 26.9. The van der Waals surface area contributed by atoms with Crippen LogP contribution in [0.15, 0.2) is 95.6 Å². The van der Waals surface area contributed by atoms with Crippen LogP contribution in [0.2, 0.25) is 0 Å². The SMILES string of the molecule is CC(C)(C)c1cc[c-]cc1.C[C-]1C2=C3Cc4ccccc4C3=C3C=CCCC3C2(C)C(C)(C)C(C)(C)C1(C)C.Cl.Cl.[C-]1=CC=CC1.[CH2]=[Zr]. The number of allylic oxidation sites excluding steroid dienone is 10. The van der Waals surface area contributed by atoms with Gasteiger partial charge in [-0.15, -0.1) is 38.2 Å². The summed E-state index contributed by atoms with van der Waals surface area (Å²) >= 11 is 1.30. The van der Waals surface area contributed by atoms with Gasteiger partial charge in [-0.25, -0.2) is 18.1 Å². The minimum absolute atomic E-state index is 0. The molecule has 0 radical (unpaired) electrons. The third-order valence-corrected chi connectivity index (χ3v) is 13.0. The Balaban J connectivity index is 0.000000349. The Morgan fingerprint density at radius 3 is 2.02 bits per heavy atom. The van der Waals surface area contributed by atoms with E-state index in [9.17, 15) is 0 Å². The molecule has 0 heterocycles. The molecule has 0 nitrogen and oxygen atoms in total. The first-order valence-electron chi connectivity index (χ1n) is 17.2. The van der Waals surface area contributed by atoms with Crippen LogP contribution in [0.3, 0.4) is 0 Å². The molecule has 2 aromatic carbocycles. The summed E-state index contributed by atoms with van der Waals surface area (Å²) in [6, 6.07) is 20.3. The number of hydrogen-bond acceptors (Lipinski definition) is 0. The normalized spacial score (nSPS) is 24.4. The van der Waals surface area contributed by atoms with Gasteiger partial charge in [-0.3, -0.25) is 6.08 Å². The average molecular weight is 762 g/mol. The van der Waals surface area contributed by atoms with E-state index in [0.717, 1.165) is 12.8 Å². The van der Waals surface area contributed by atoms with Crippen LogP contribution in [0.5, 0.6) is 0 Å². The van der Waals surface area contributed by atoms with Crippen molar-refractivity contribution in [2.24, 2.45) is 27.6 Å². The van der Waals surface area contributed by atoms with Crippen molar-refractivity contribution in [1.82, 2.24) is 0 Å². The fraction of sp³-hybridized carbons (Fsp3) is 0.467. The van der Waals surface area contributed by atoms with Gasteiger partial charge in [0, 0.05) is 0 Å². The Morgan fingerprint density at radius 1 is 0.875 bits per heavy atom. The second-order valence-electron chi connectivity index (χ2n) is 16.3. The second kappa shape index (κ2) is 16.1. The van der Waals surface area contributed by atoms with Crippen molar-refractivity contribution in [2.45, 2.75) is 107 Å². The first-order chi connectivity index (χ1) is 21.6. The summed E-state index contributed by atoms with van der Waals surface area (Å²) in [7, 11) is 0. The van der Waals surface area contributed by atoms with E-state index in [0.29, 0.717) is 5.92 Å². The maximum atomic E-state index is 3.34. The number of rotatable bonds is 0. The summed E-state index contributed by atoms with van der Waals surface area (Å²) in [5.74, 6) is 2.24. The molecular weight excluding hydrogens is 703 g/mol. The molecule has 0 saturated heterocycles. The summed E-state index contributed by atoms with van der Waals surface area (Å²) < 4.78 is 3.34. The number of halogens is 2. The van der Waals surface area contributed by atoms with Crippen molar-refractivity contribution >= 4 is 34.6 Å². The Labute approximate surface area is 321 Å². The zero-order valence-electron chi connectivity index (χ0n) is 31.4. The van der Waals surface area contributed by atoms with Crippen molar-refractivity contribution in [3.8, 4) is 0 Å². The zero-order valence-corrected chi connectivity index (χ0v) is 35.5. The van der Waals surface area contributed by atoms with Gasteiger partial charge in [-0.1, -0.05) is 134 Å². The fourth-order valence-electron chi connectivity index (χ4n) is 8.80. The van der Waals surface area contributed by atoms with Crippen LogP contribution in [0.25, 0.3) is 5.57 Å². The summed E-state index contributed by atoms with van der Waals surface area (Å²) in [5.41, 5.74) is 11.9. The number of hydrogen-bond donors (Lipinski definition) is 0. The van der Waals surface area contributed by atoms with Crippen LogP contribution >= 0.6 is 24.8 Å². The van der Waals surface area contributed by atoms with Crippen molar-refractivity contribution < 1.29 is 24.2 Å². The number of benzene rings is 2. The molecule has 3 heteroatoms. The Bertz CT molecular complexity index is 1550. The molecule has 0 aromatic heterocycles. The predicted octanol–water partition coefficient (Wildman–Crippen LogP) is 12.9. The van der Waals surface area contributed by atoms with Gasteiger partial charge in [-0.2, -0.15) is 53.1 Å². The monoisotopic (exact) mass is 759 g/mol. The molecule has 0 spiro atoms. The van der Waals surface area contributed by atoms with Crippen LogP contribution in [-0.2, 0) is 36.1 Å². The van der Waals surface area contributed by atoms with E-state index in [1.165, 1.54) is 53.8 Å². The molecule has 5 aliphatic rings. The average Bonchev–Trinajstić information content (AvgIpc) is 3.74. The van der Waals surface area contributed by atoms with E-state index < -0.39 is 0 Å². The molecule has 260 valence electrons. The van der Waals surface area contributed by atoms with Gasteiger partial charge in [0.25, 0.3) is 0 Å². The van der Waals surface area contributed by atoms with Gasteiger partial charge in [-0.05, 0) is 46.0 Å². The zero-order chi connectivity index (χ0) is 34.1. The fourth-order valence-corrected chi connectivity index (χ4v) is 8.80. The molecule has 7 rings (SSSR count). The first kappa shape index (κ1) is 42.5. The van der Waals surface area contributed by atoms with Gasteiger partial charge in [0.2, 0.25) is 0 Å². The predicted molar refractivity (Wildman–Crippen MR) is 211 cm³/mol. The van der Waals surface area contributed by atoms with Crippen molar-refractivity contribution in [3.63, 3.8) is 0 Å². The Hall–Kier alpha value is -1.66. The molecule has 2 atom stereocenters. The molecule has 48 heavy (non-hydrogen) atoms. The molecule has 1 fully saturated rings. The van der Waals surface area contributed by atoms with Crippen LogP contribution in [0.1, 0.15) is 112 Å². The van der Waals surface area contributed by atoms with Gasteiger partial charge in [0.05, 0.1) is 0 Å². The maximum absolute atomic E-state index is 3.34. The van der Waals surface area contributed by atoms with E-state index in [4.69, 9.17) is 0 Å². The quantitative estimate of drug-likeness (QED) is 0.235. The second-order valence-corrected chi connectivity index (χ2v) is 16.3. The van der Waals surface area contributed by atoms with Crippen LogP contribution < -0.4 is 0 Å². The van der Waals surface area contributed by atoms with Gasteiger partial charge in [0.15, 0.2) is 0 Å². The molecule has 0 N–H and O–H groups in total. The van der Waals surface area contributed by atoms with Crippen LogP contribution in [0, 0.1) is 45.6 Å². The standard InChI is InChI=1S/C29H37.C10H13.C5H5.CH2.2ClH.Zr/c1-18-25-22-17-19-13-9-10-14-20(19)24(22)21-15-11-12-16-23(21)29(25,8)28(6,7)27(4,5)26(18,2)3;1-10(2,3)9-7-5-4-6-8-9;1-2-4-5-3-1;;;;/h9-11,13-15,23H,12,16-17H2,1-8H3;5-8H,1-3H3;1-3H,4H2;1H2;2*1H;/q3*-1;;;;. The Kier molecular flexibility index (Phi) is 14.3. The topological polar surface area (TPSA) is 0 Å². The third kappa shape index (κ3) is 7.10. The Morgan fingerprint density at radius 2 is 1.50 bits per heavy atom. The van der Waals surface area contributed by atoms with E-state index in [-0.39, 0.29) is 51.9 Å². The molecular formula is C45H59Cl2Zr-3. The molecule has 0 aliphatic heterocycles. The molecule has 2 unspecified atom stereocenters. The summed E-state index contributed by atoms with van der Waals surface area (Å²) in [4.78, 5) is 0. The van der Waals surface area contributed by atoms with Crippen LogP contribution in [0.4, 0.5) is 0 Å². The molecule has 0 bridgehead atoms. The molecule has 5 aliphatic carbocycles. The van der Waals surface area contributed by atoms with Crippen molar-refractivity contribution in [3.05, 3.63) is 130 Å². The van der Waals surface area contributed by atoms with Gasteiger partial charge in [0.1, 0.15) is 0 Å². The van der Waals surface area contributed by atoms with Crippen molar-refractivity contribution in [2.75, 3.05) is 0 Å². The van der Waals surface area contributed by atoms with Gasteiger partial charge < -0.3 is 0 Å². The van der Waals surface area contributed by atoms with E-state index >= 15 is 0 Å². The summed E-state index contributed by atoms with van der Waals surface area (Å²) in [5, 5.41) is 0. The van der Waals surface area contributed by atoms with E-state index in [2.05, 4.69) is 147 Å². The third-order valence-electron chi connectivity index (χ3n) is 13.0. The van der Waals surface area contributed by atoms with Crippen molar-refractivity contribution in [1.29, 1.82) is 0 Å². The van der Waals surface area contributed by atoms with E-state index in [1.807, 2.05) is 24.3 Å². The number of fused-ring (bicyclic) bond motifs is 6. The molecule has 0 amide bonds.